The molecule has 2 unspecified atom stereocenters. The van der Waals surface area contributed by atoms with Crippen LogP contribution in [-0.2, 0) is 36.8 Å². The molecule has 1 aliphatic heterocycles. The number of rotatable bonds is 9. The number of methoxy groups -OCH3 is 1. The van der Waals surface area contributed by atoms with Crippen LogP contribution in [0, 0.1) is 18.8 Å². The maximum Gasteiger partial charge on any atom is 0.355 e. The summed E-state index contributed by atoms with van der Waals surface area (Å²) in [6.45, 7) is 11.6. The van der Waals surface area contributed by atoms with E-state index in [0.717, 1.165) is 16.8 Å². The van der Waals surface area contributed by atoms with Crippen LogP contribution in [0.4, 0.5) is 0 Å². The van der Waals surface area contributed by atoms with Crippen LogP contribution in [0.2, 0.25) is 0 Å². The summed E-state index contributed by atoms with van der Waals surface area (Å²) >= 11 is 0. The smallest absolute Gasteiger partial charge is 0.355 e. The zero-order valence-electron chi connectivity index (χ0n) is 22.8. The Morgan fingerprint density at radius 2 is 1.84 bits per heavy atom. The van der Waals surface area contributed by atoms with E-state index in [2.05, 4.69) is 10.3 Å². The summed E-state index contributed by atoms with van der Waals surface area (Å²) in [6.07, 6.45) is 2.07. The van der Waals surface area contributed by atoms with Crippen LogP contribution in [0.3, 0.4) is 0 Å². The van der Waals surface area contributed by atoms with Crippen molar-refractivity contribution in [3.05, 3.63) is 64.1 Å². The first-order chi connectivity index (χ1) is 17.4. The number of aromatic nitrogens is 1. The molecule has 0 radical (unpaired) electrons. The van der Waals surface area contributed by atoms with Crippen molar-refractivity contribution in [3.63, 3.8) is 0 Å². The molecule has 0 bridgehead atoms. The van der Waals surface area contributed by atoms with Gasteiger partial charge in [-0.1, -0.05) is 37.3 Å². The van der Waals surface area contributed by atoms with E-state index < -0.39 is 11.6 Å². The van der Waals surface area contributed by atoms with Crippen LogP contribution in [-0.4, -0.2) is 41.6 Å². The van der Waals surface area contributed by atoms with Gasteiger partial charge in [0.1, 0.15) is 11.3 Å². The van der Waals surface area contributed by atoms with Gasteiger partial charge in [0.15, 0.2) is 0 Å². The second kappa shape index (κ2) is 11.8. The van der Waals surface area contributed by atoms with Gasteiger partial charge in [0.25, 0.3) is 0 Å². The molecule has 0 aliphatic carbocycles. The summed E-state index contributed by atoms with van der Waals surface area (Å²) in [5.74, 6) is -1.41. The van der Waals surface area contributed by atoms with Gasteiger partial charge in [0.05, 0.1) is 19.8 Å². The third-order valence-electron chi connectivity index (χ3n) is 6.57. The Kier molecular flexibility index (Phi) is 8.97. The highest BCUT2D eigenvalue weighted by atomic mass is 16.6. The zero-order valence-corrected chi connectivity index (χ0v) is 22.8. The van der Waals surface area contributed by atoms with Crippen molar-refractivity contribution in [2.75, 3.05) is 7.11 Å². The Hall–Kier alpha value is -3.39. The Bertz CT molecular complexity index is 1160. The molecule has 1 amide bonds. The lowest BCUT2D eigenvalue weighted by Crippen LogP contribution is -2.26. The van der Waals surface area contributed by atoms with Crippen LogP contribution >= 0.6 is 0 Å². The first kappa shape index (κ1) is 28.2. The molecule has 1 aromatic carbocycles. The fraction of sp³-hybridized carbons (Fsp3) is 0.483. The third-order valence-corrected chi connectivity index (χ3v) is 6.57. The minimum atomic E-state index is -0.681. The number of H-pyrrole nitrogens is 1. The van der Waals surface area contributed by atoms with Gasteiger partial charge in [-0.25, -0.2) is 4.79 Å². The van der Waals surface area contributed by atoms with E-state index in [4.69, 9.17) is 14.2 Å². The molecule has 0 saturated carbocycles. The molecular formula is C29H38N2O6. The summed E-state index contributed by atoms with van der Waals surface area (Å²) in [5.41, 5.74) is 3.56. The van der Waals surface area contributed by atoms with Crippen LogP contribution in [0.25, 0.3) is 6.08 Å². The van der Waals surface area contributed by atoms with Crippen LogP contribution in [0.15, 0.2) is 36.0 Å². The lowest BCUT2D eigenvalue weighted by molar-refractivity contribution is -0.140. The predicted molar refractivity (Wildman–Crippen MR) is 141 cm³/mol. The Balaban J connectivity index is 1.93. The van der Waals surface area contributed by atoms with E-state index in [1.807, 2.05) is 57.2 Å². The van der Waals surface area contributed by atoms with Gasteiger partial charge in [-0.05, 0) is 63.8 Å². The quantitative estimate of drug-likeness (QED) is 0.473. The van der Waals surface area contributed by atoms with Crippen molar-refractivity contribution >= 4 is 23.9 Å². The maximum atomic E-state index is 13.0. The van der Waals surface area contributed by atoms with E-state index in [-0.39, 0.29) is 36.2 Å². The van der Waals surface area contributed by atoms with E-state index >= 15 is 0 Å². The van der Waals surface area contributed by atoms with Crippen molar-refractivity contribution in [1.29, 1.82) is 0 Å². The fourth-order valence-electron chi connectivity index (χ4n) is 4.57. The number of hydrogen-bond acceptors (Lipinski definition) is 6. The van der Waals surface area contributed by atoms with Gasteiger partial charge in [0.2, 0.25) is 5.91 Å². The number of aromatic amines is 1. The molecule has 1 saturated heterocycles. The highest BCUT2D eigenvalue weighted by molar-refractivity contribution is 5.91. The first-order valence-electron chi connectivity index (χ1n) is 12.6. The fourth-order valence-corrected chi connectivity index (χ4v) is 4.57. The van der Waals surface area contributed by atoms with Gasteiger partial charge < -0.3 is 24.5 Å². The minimum Gasteiger partial charge on any atom is -0.469 e. The topological polar surface area (TPSA) is 107 Å². The molecule has 3 atom stereocenters. The summed E-state index contributed by atoms with van der Waals surface area (Å²) in [6, 6.07) is 9.89. The second-order valence-electron chi connectivity index (χ2n) is 10.5. The first-order valence-corrected chi connectivity index (χ1v) is 12.6. The molecule has 1 aliphatic rings. The number of carbonyl (C=O) groups excluding carboxylic acids is 3. The average molecular weight is 511 g/mol. The number of amides is 1. The Labute approximate surface area is 218 Å². The molecule has 2 heterocycles. The zero-order chi connectivity index (χ0) is 27.3. The molecule has 37 heavy (non-hydrogen) atoms. The average Bonchev–Trinajstić information content (AvgIpc) is 3.30. The van der Waals surface area contributed by atoms with Gasteiger partial charge in [-0.2, -0.15) is 0 Å². The molecule has 3 rings (SSSR count). The summed E-state index contributed by atoms with van der Waals surface area (Å²) in [5, 5.41) is 3.00. The highest BCUT2D eigenvalue weighted by Crippen LogP contribution is 2.34. The Morgan fingerprint density at radius 3 is 2.46 bits per heavy atom. The van der Waals surface area contributed by atoms with Crippen molar-refractivity contribution < 1.29 is 28.6 Å². The van der Waals surface area contributed by atoms with Crippen LogP contribution < -0.4 is 5.32 Å². The van der Waals surface area contributed by atoms with E-state index in [0.29, 0.717) is 30.0 Å². The van der Waals surface area contributed by atoms with E-state index in [1.54, 1.807) is 20.8 Å². The van der Waals surface area contributed by atoms with Crippen LogP contribution in [0.5, 0.6) is 0 Å². The van der Waals surface area contributed by atoms with Crippen molar-refractivity contribution in [2.24, 2.45) is 11.8 Å². The molecule has 1 fully saturated rings. The van der Waals surface area contributed by atoms with Gasteiger partial charge in [-0.15, -0.1) is 0 Å². The Morgan fingerprint density at radius 1 is 1.16 bits per heavy atom. The number of ether oxygens (including phenoxy) is 3. The number of nitrogens with one attached hydrogen (secondary N) is 2. The molecular weight excluding hydrogens is 472 g/mol. The number of benzene rings is 1. The molecule has 8 nitrogen and oxygen atoms in total. The molecule has 2 aromatic rings. The monoisotopic (exact) mass is 510 g/mol. The molecule has 200 valence electrons. The van der Waals surface area contributed by atoms with Gasteiger partial charge >= 0.3 is 11.9 Å². The molecule has 8 heteroatoms. The van der Waals surface area contributed by atoms with Gasteiger partial charge in [0, 0.05) is 29.6 Å². The van der Waals surface area contributed by atoms with Gasteiger partial charge in [-0.3, -0.25) is 9.59 Å². The SMILES string of the molecule is COC(=O)CCc1c(C(=O)OC(C)(C)C)[nH]c(/C=C2\NC(=O)[C@@H](C)C2C(C)OCc2ccccc2)c1C. The van der Waals surface area contributed by atoms with Crippen molar-refractivity contribution in [3.8, 4) is 0 Å². The number of carbonyl (C=O) groups is 3. The molecule has 1 aromatic heterocycles. The summed E-state index contributed by atoms with van der Waals surface area (Å²) < 4.78 is 16.6. The summed E-state index contributed by atoms with van der Waals surface area (Å²) in [7, 11) is 1.34. The standard InChI is InChI=1S/C29H38N2O6/c1-17-21(13-14-24(32)35-7)26(28(34)37-29(4,5)6)30-22(17)15-23-25(18(2)27(33)31-23)19(3)36-16-20-11-9-8-10-12-20/h8-12,15,18-19,25,30H,13-14,16H2,1-7H3,(H,31,33)/b23-15-/t18-,19?,25?/m0/s1. The molecule has 0 spiro atoms. The lowest BCUT2D eigenvalue weighted by Gasteiger charge is -2.23. The third kappa shape index (κ3) is 7.10. The number of hydrogen-bond donors (Lipinski definition) is 2. The van der Waals surface area contributed by atoms with Crippen LogP contribution in [0.1, 0.15) is 73.9 Å². The lowest BCUT2D eigenvalue weighted by atomic mass is 9.89. The summed E-state index contributed by atoms with van der Waals surface area (Å²) in [4.78, 5) is 40.7. The maximum absolute atomic E-state index is 13.0. The van der Waals surface area contributed by atoms with E-state index in [1.165, 1.54) is 7.11 Å². The molecule has 2 N–H and O–H groups in total. The number of esters is 2. The largest absolute Gasteiger partial charge is 0.469 e. The second-order valence-corrected chi connectivity index (χ2v) is 10.5. The predicted octanol–water partition coefficient (Wildman–Crippen LogP) is 4.71. The normalized spacial score (nSPS) is 19.5. The van der Waals surface area contributed by atoms with Crippen molar-refractivity contribution in [2.45, 2.75) is 72.7 Å². The van der Waals surface area contributed by atoms with E-state index in [9.17, 15) is 14.4 Å². The highest BCUT2D eigenvalue weighted by Gasteiger charge is 2.39. The minimum absolute atomic E-state index is 0.0751. The van der Waals surface area contributed by atoms with Crippen molar-refractivity contribution in [1.82, 2.24) is 10.3 Å².